The number of carbonyl (C=O) groups excluding carboxylic acids is 3. The van der Waals surface area contributed by atoms with Crippen LogP contribution >= 0.6 is 0 Å². The van der Waals surface area contributed by atoms with Crippen molar-refractivity contribution in [2.75, 3.05) is 11.9 Å². The van der Waals surface area contributed by atoms with Gasteiger partial charge in [0.1, 0.15) is 5.54 Å². The molecule has 9 heteroatoms. The van der Waals surface area contributed by atoms with Crippen LogP contribution in [0.2, 0.25) is 0 Å². The van der Waals surface area contributed by atoms with Crippen molar-refractivity contribution in [3.63, 3.8) is 0 Å². The lowest BCUT2D eigenvalue weighted by Gasteiger charge is -2.30. The van der Waals surface area contributed by atoms with Crippen molar-refractivity contribution < 1.29 is 18.9 Å². The molecule has 0 spiro atoms. The van der Waals surface area contributed by atoms with E-state index in [2.05, 4.69) is 20.8 Å². The molecule has 1 aromatic carbocycles. The number of anilines is 1. The van der Waals surface area contributed by atoms with Gasteiger partial charge in [-0.3, -0.25) is 14.4 Å². The van der Waals surface area contributed by atoms with Gasteiger partial charge in [0.25, 0.3) is 0 Å². The number of hydrogen-bond acceptors (Lipinski definition) is 6. The molecule has 9 nitrogen and oxygen atoms in total. The predicted molar refractivity (Wildman–Crippen MR) is 128 cm³/mol. The summed E-state index contributed by atoms with van der Waals surface area (Å²) in [5.74, 6) is 0.619. The van der Waals surface area contributed by atoms with Crippen molar-refractivity contribution in [3.8, 4) is 0 Å². The zero-order chi connectivity index (χ0) is 24.6. The number of carbonyl (C=O) groups is 3. The number of aromatic nitrogens is 2. The van der Waals surface area contributed by atoms with Crippen LogP contribution in [-0.4, -0.2) is 39.3 Å². The average Bonchev–Trinajstić information content (AvgIpc) is 3.16. The topological polar surface area (TPSA) is 117 Å². The van der Waals surface area contributed by atoms with E-state index in [1.807, 2.05) is 31.2 Å². The van der Waals surface area contributed by atoms with Crippen molar-refractivity contribution >= 4 is 23.4 Å². The van der Waals surface area contributed by atoms with Crippen molar-refractivity contribution in [1.29, 1.82) is 0 Å². The van der Waals surface area contributed by atoms with Gasteiger partial charge in [0, 0.05) is 45.5 Å². The number of amides is 3. The lowest BCUT2D eigenvalue weighted by molar-refractivity contribution is -0.129. The summed E-state index contributed by atoms with van der Waals surface area (Å²) in [5.41, 5.74) is 1.03. The van der Waals surface area contributed by atoms with Gasteiger partial charge < -0.3 is 20.1 Å². The molecule has 2 N–H and O–H groups in total. The zero-order valence-electron chi connectivity index (χ0n) is 20.4. The molecule has 0 bridgehead atoms. The van der Waals surface area contributed by atoms with E-state index in [9.17, 15) is 14.4 Å². The quantitative estimate of drug-likeness (QED) is 0.541. The Hall–Kier alpha value is -3.23. The number of benzene rings is 1. The van der Waals surface area contributed by atoms with Gasteiger partial charge in [-0.2, -0.15) is 4.98 Å². The fourth-order valence-electron chi connectivity index (χ4n) is 4.48. The molecule has 0 saturated heterocycles. The van der Waals surface area contributed by atoms with Crippen LogP contribution in [0.4, 0.5) is 5.69 Å². The largest absolute Gasteiger partial charge is 0.343 e. The fourth-order valence-corrected chi connectivity index (χ4v) is 4.48. The van der Waals surface area contributed by atoms with E-state index in [1.54, 1.807) is 11.8 Å². The maximum atomic E-state index is 12.5. The molecule has 1 aliphatic carbocycles. The third kappa shape index (κ3) is 6.88. The summed E-state index contributed by atoms with van der Waals surface area (Å²) in [6.07, 6.45) is 6.29. The Kier molecular flexibility index (Phi) is 8.79. The summed E-state index contributed by atoms with van der Waals surface area (Å²) >= 11 is 0. The molecule has 3 rings (SSSR count). The summed E-state index contributed by atoms with van der Waals surface area (Å²) in [6.45, 7) is 6.11. The van der Waals surface area contributed by atoms with Crippen LogP contribution in [0.25, 0.3) is 0 Å². The second-order valence-corrected chi connectivity index (χ2v) is 8.97. The molecule has 2 aromatic rings. The van der Waals surface area contributed by atoms with E-state index in [0.29, 0.717) is 36.9 Å². The van der Waals surface area contributed by atoms with Crippen LogP contribution in [0.1, 0.15) is 83.0 Å². The summed E-state index contributed by atoms with van der Waals surface area (Å²) in [4.78, 5) is 42.3. The van der Waals surface area contributed by atoms with Gasteiger partial charge in [0.05, 0.1) is 0 Å². The second kappa shape index (κ2) is 11.8. The number of aryl methyl sites for hydroxylation is 1. The number of rotatable bonds is 9. The summed E-state index contributed by atoms with van der Waals surface area (Å²) < 4.78 is 5.43. The van der Waals surface area contributed by atoms with E-state index in [0.717, 1.165) is 44.1 Å². The number of nitrogens with one attached hydrogen (secondary N) is 2. The highest BCUT2D eigenvalue weighted by Gasteiger charge is 2.38. The lowest BCUT2D eigenvalue weighted by Crippen LogP contribution is -2.45. The first kappa shape index (κ1) is 25.4. The third-order valence-electron chi connectivity index (χ3n) is 6.25. The van der Waals surface area contributed by atoms with E-state index in [1.165, 1.54) is 6.92 Å². The minimum absolute atomic E-state index is 0.0139. The van der Waals surface area contributed by atoms with Crippen LogP contribution in [0.5, 0.6) is 0 Å². The minimum atomic E-state index is -0.598. The molecule has 1 aromatic heterocycles. The highest BCUT2D eigenvalue weighted by atomic mass is 16.5. The second-order valence-electron chi connectivity index (χ2n) is 8.97. The average molecular weight is 470 g/mol. The van der Waals surface area contributed by atoms with Crippen LogP contribution in [0.15, 0.2) is 28.8 Å². The minimum Gasteiger partial charge on any atom is -0.343 e. The molecule has 0 aliphatic heterocycles. The summed E-state index contributed by atoms with van der Waals surface area (Å²) in [5, 5.41) is 10.1. The monoisotopic (exact) mass is 469 g/mol. The Morgan fingerprint density at radius 1 is 1.12 bits per heavy atom. The Morgan fingerprint density at radius 3 is 2.50 bits per heavy atom. The van der Waals surface area contributed by atoms with Gasteiger partial charge in [0.15, 0.2) is 5.82 Å². The highest BCUT2D eigenvalue weighted by molar-refractivity contribution is 5.90. The van der Waals surface area contributed by atoms with Gasteiger partial charge in [-0.05, 0) is 37.5 Å². The maximum Gasteiger partial charge on any atom is 0.227 e. The van der Waals surface area contributed by atoms with Gasteiger partial charge in [-0.1, -0.05) is 43.0 Å². The van der Waals surface area contributed by atoms with E-state index >= 15 is 0 Å². The first-order valence-corrected chi connectivity index (χ1v) is 12.1. The Bertz CT molecular complexity index is 995. The van der Waals surface area contributed by atoms with Crippen LogP contribution in [0, 0.1) is 0 Å². The Morgan fingerprint density at radius 2 is 1.85 bits per heavy atom. The molecule has 184 valence electrons. The molecule has 1 fully saturated rings. The molecule has 1 aliphatic rings. The van der Waals surface area contributed by atoms with Gasteiger partial charge in [-0.15, -0.1) is 0 Å². The van der Waals surface area contributed by atoms with Gasteiger partial charge >= 0.3 is 0 Å². The van der Waals surface area contributed by atoms with Crippen molar-refractivity contribution in [1.82, 2.24) is 20.4 Å². The molecule has 0 atom stereocenters. The molecule has 1 saturated carbocycles. The molecular formula is C25H35N5O4. The first-order chi connectivity index (χ1) is 16.3. The summed E-state index contributed by atoms with van der Waals surface area (Å²) in [6, 6.07) is 7.48. The zero-order valence-corrected chi connectivity index (χ0v) is 20.4. The fraction of sp³-hybridized carbons (Fsp3) is 0.560. The summed E-state index contributed by atoms with van der Waals surface area (Å²) in [7, 11) is 0. The van der Waals surface area contributed by atoms with Crippen molar-refractivity contribution in [2.45, 2.75) is 84.2 Å². The van der Waals surface area contributed by atoms with E-state index in [-0.39, 0.29) is 24.1 Å². The lowest BCUT2D eigenvalue weighted by atomic mass is 9.89. The van der Waals surface area contributed by atoms with Gasteiger partial charge in [0.2, 0.25) is 23.6 Å². The molecule has 1 heterocycles. The molecule has 34 heavy (non-hydrogen) atoms. The molecule has 0 unspecified atom stereocenters. The Balaban J connectivity index is 1.59. The van der Waals surface area contributed by atoms with E-state index < -0.39 is 5.54 Å². The Labute approximate surface area is 200 Å². The van der Waals surface area contributed by atoms with E-state index in [4.69, 9.17) is 4.52 Å². The van der Waals surface area contributed by atoms with Crippen LogP contribution < -0.4 is 10.6 Å². The number of hydrogen-bond donors (Lipinski definition) is 2. The number of nitrogens with zero attached hydrogens (tertiary/aromatic N) is 3. The van der Waals surface area contributed by atoms with Gasteiger partial charge in [-0.25, -0.2) is 0 Å². The standard InChI is InChI=1S/C25H35N5O4/c1-4-30(19(3)32)17-20-10-9-11-21(16-20)26-22(33)12-13-23-27-24(29-34-23)25(28-18(2)31)14-7-5-6-8-15-25/h9-11,16H,4-8,12-15,17H2,1-3H3,(H,26,33)(H,28,31). The van der Waals surface area contributed by atoms with Crippen LogP contribution in [-0.2, 0) is 32.9 Å². The predicted octanol–water partition coefficient (Wildman–Crippen LogP) is 3.69. The normalized spacial score (nSPS) is 15.3. The van der Waals surface area contributed by atoms with Crippen LogP contribution in [0.3, 0.4) is 0 Å². The van der Waals surface area contributed by atoms with Crippen molar-refractivity contribution in [3.05, 3.63) is 41.5 Å². The maximum absolute atomic E-state index is 12.5. The third-order valence-corrected chi connectivity index (χ3v) is 6.25. The SMILES string of the molecule is CCN(Cc1cccc(NC(=O)CCc2nc(C3(NC(C)=O)CCCCCC3)no2)c1)C(C)=O. The highest BCUT2D eigenvalue weighted by Crippen LogP contribution is 2.34. The first-order valence-electron chi connectivity index (χ1n) is 12.1. The molecular weight excluding hydrogens is 434 g/mol. The van der Waals surface area contributed by atoms with Crippen molar-refractivity contribution in [2.24, 2.45) is 0 Å². The molecule has 3 amide bonds. The molecule has 0 radical (unpaired) electrons. The smallest absolute Gasteiger partial charge is 0.227 e.